The van der Waals surface area contributed by atoms with Crippen LogP contribution in [-0.4, -0.2) is 81.7 Å². The van der Waals surface area contributed by atoms with Crippen molar-refractivity contribution in [1.82, 2.24) is 19.7 Å². The Bertz CT molecular complexity index is 587. The highest BCUT2D eigenvalue weighted by Gasteiger charge is 2.34. The van der Waals surface area contributed by atoms with Gasteiger partial charge in [-0.05, 0) is 32.4 Å². The summed E-state index contributed by atoms with van der Waals surface area (Å²) in [6, 6.07) is 4.38. The van der Waals surface area contributed by atoms with Gasteiger partial charge >= 0.3 is 0 Å². The Kier molecular flexibility index (Phi) is 5.41. The number of aromatic nitrogens is 1. The van der Waals surface area contributed by atoms with Crippen molar-refractivity contribution in [2.75, 3.05) is 39.4 Å². The van der Waals surface area contributed by atoms with Crippen molar-refractivity contribution in [1.29, 1.82) is 0 Å². The largest absolute Gasteiger partial charge is 0.389 e. The van der Waals surface area contributed by atoms with Crippen LogP contribution in [0.4, 0.5) is 0 Å². The molecular formula is C19H30N4O2. The number of carbonyl (C=O) groups excluding carboxylic acids is 1. The minimum absolute atomic E-state index is 0.237. The first-order valence-corrected chi connectivity index (χ1v) is 9.18. The molecule has 2 atom stereocenters. The van der Waals surface area contributed by atoms with E-state index in [9.17, 15) is 9.90 Å². The van der Waals surface area contributed by atoms with Gasteiger partial charge in [0.2, 0.25) is 5.91 Å². The fraction of sp³-hybridized carbons (Fsp3) is 0.684. The molecule has 1 amide bonds. The summed E-state index contributed by atoms with van der Waals surface area (Å²) in [6.45, 7) is 10.9. The van der Waals surface area contributed by atoms with E-state index >= 15 is 0 Å². The Morgan fingerprint density at radius 3 is 2.76 bits per heavy atom. The van der Waals surface area contributed by atoms with Crippen LogP contribution < -0.4 is 0 Å². The number of likely N-dealkylation sites (tertiary alicyclic amines) is 1. The first-order chi connectivity index (χ1) is 11.8. The van der Waals surface area contributed by atoms with Gasteiger partial charge in [-0.2, -0.15) is 0 Å². The van der Waals surface area contributed by atoms with Gasteiger partial charge in [-0.15, -0.1) is 0 Å². The number of hydrogen-bond donors (Lipinski definition) is 1. The van der Waals surface area contributed by atoms with E-state index in [-0.39, 0.29) is 11.8 Å². The second-order valence-corrected chi connectivity index (χ2v) is 8.15. The lowest BCUT2D eigenvalue weighted by molar-refractivity contribution is -0.130. The van der Waals surface area contributed by atoms with Crippen LogP contribution in [0.1, 0.15) is 38.7 Å². The molecule has 2 fully saturated rings. The third kappa shape index (κ3) is 4.77. The molecule has 2 aliphatic rings. The van der Waals surface area contributed by atoms with Gasteiger partial charge < -0.3 is 10.0 Å². The van der Waals surface area contributed by atoms with Gasteiger partial charge in [0.1, 0.15) is 0 Å². The van der Waals surface area contributed by atoms with Crippen LogP contribution >= 0.6 is 0 Å². The summed E-state index contributed by atoms with van der Waals surface area (Å²) in [5, 5.41) is 10.0. The number of rotatable bonds is 5. The van der Waals surface area contributed by atoms with Crippen LogP contribution in [-0.2, 0) is 4.79 Å². The molecule has 0 radical (unpaired) electrons. The van der Waals surface area contributed by atoms with Crippen LogP contribution in [0.25, 0.3) is 0 Å². The van der Waals surface area contributed by atoms with Crippen molar-refractivity contribution in [3.8, 4) is 0 Å². The molecule has 1 aromatic rings. The highest BCUT2D eigenvalue weighted by atomic mass is 16.3. The van der Waals surface area contributed by atoms with Crippen LogP contribution in [0.2, 0.25) is 0 Å². The molecule has 0 saturated carbocycles. The zero-order valence-corrected chi connectivity index (χ0v) is 15.6. The first kappa shape index (κ1) is 18.3. The normalized spacial score (nSPS) is 26.4. The quantitative estimate of drug-likeness (QED) is 0.866. The van der Waals surface area contributed by atoms with E-state index in [4.69, 9.17) is 0 Å². The van der Waals surface area contributed by atoms with Crippen molar-refractivity contribution in [3.63, 3.8) is 0 Å². The van der Waals surface area contributed by atoms with Crippen LogP contribution in [0.5, 0.6) is 0 Å². The average Bonchev–Trinajstić information content (AvgIpc) is 2.91. The van der Waals surface area contributed by atoms with Gasteiger partial charge in [0.05, 0.1) is 12.3 Å². The number of β-amino-alcohol motifs (C(OH)–C–C–N with tert-alkyl or cyclic N) is 1. The molecule has 25 heavy (non-hydrogen) atoms. The third-order valence-corrected chi connectivity index (χ3v) is 5.18. The van der Waals surface area contributed by atoms with Crippen LogP contribution in [0.3, 0.4) is 0 Å². The van der Waals surface area contributed by atoms with Crippen LogP contribution in [0.15, 0.2) is 24.5 Å². The Morgan fingerprint density at radius 1 is 1.32 bits per heavy atom. The third-order valence-electron chi connectivity index (χ3n) is 5.18. The SMILES string of the molecule is CC1CN(CN2CC(c3cccnc3)CC2=O)CCN1CC(C)(C)O. The summed E-state index contributed by atoms with van der Waals surface area (Å²) in [7, 11) is 0. The molecular weight excluding hydrogens is 316 g/mol. The standard InChI is InChI=1S/C19H30N4O2/c1-15-11-21(7-8-22(15)13-19(2,3)25)14-23-12-17(9-18(23)24)16-5-4-6-20-10-16/h4-6,10,15,17,25H,7-9,11-14H2,1-3H3. The monoisotopic (exact) mass is 346 g/mol. The average molecular weight is 346 g/mol. The van der Waals surface area contributed by atoms with E-state index < -0.39 is 5.60 Å². The zero-order valence-electron chi connectivity index (χ0n) is 15.6. The Hall–Kier alpha value is -1.50. The van der Waals surface area contributed by atoms with Crippen molar-refractivity contribution in [2.45, 2.75) is 44.8 Å². The van der Waals surface area contributed by atoms with Gasteiger partial charge in [0.25, 0.3) is 0 Å². The highest BCUT2D eigenvalue weighted by molar-refractivity contribution is 5.79. The van der Waals surface area contributed by atoms with Gasteiger partial charge in [0, 0.05) is 63.5 Å². The van der Waals surface area contributed by atoms with Crippen LogP contribution in [0, 0.1) is 0 Å². The van der Waals surface area contributed by atoms with E-state index in [1.165, 1.54) is 0 Å². The van der Waals surface area contributed by atoms with E-state index in [1.54, 1.807) is 6.20 Å². The van der Waals surface area contributed by atoms with Gasteiger partial charge in [0.15, 0.2) is 0 Å². The Labute approximate surface area is 150 Å². The fourth-order valence-electron chi connectivity index (χ4n) is 3.92. The van der Waals surface area contributed by atoms with E-state index in [0.717, 1.165) is 31.7 Å². The minimum Gasteiger partial charge on any atom is -0.389 e. The lowest BCUT2D eigenvalue weighted by Crippen LogP contribution is -2.57. The summed E-state index contributed by atoms with van der Waals surface area (Å²) in [6.07, 6.45) is 4.23. The topological polar surface area (TPSA) is 59.9 Å². The van der Waals surface area contributed by atoms with Gasteiger partial charge in [-0.3, -0.25) is 19.6 Å². The number of nitrogens with zero attached hydrogens (tertiary/aromatic N) is 4. The molecule has 3 heterocycles. The maximum atomic E-state index is 12.4. The molecule has 0 bridgehead atoms. The second-order valence-electron chi connectivity index (χ2n) is 8.15. The smallest absolute Gasteiger partial charge is 0.224 e. The summed E-state index contributed by atoms with van der Waals surface area (Å²) >= 11 is 0. The van der Waals surface area contributed by atoms with Crippen molar-refractivity contribution in [3.05, 3.63) is 30.1 Å². The van der Waals surface area contributed by atoms with Crippen molar-refractivity contribution < 1.29 is 9.90 Å². The van der Waals surface area contributed by atoms with Crippen molar-refractivity contribution in [2.24, 2.45) is 0 Å². The van der Waals surface area contributed by atoms with Crippen molar-refractivity contribution >= 4 is 5.91 Å². The minimum atomic E-state index is -0.668. The van der Waals surface area contributed by atoms with Gasteiger partial charge in [-0.25, -0.2) is 0 Å². The Morgan fingerprint density at radius 2 is 2.12 bits per heavy atom. The van der Waals surface area contributed by atoms with E-state index in [0.29, 0.717) is 25.7 Å². The number of hydrogen-bond acceptors (Lipinski definition) is 5. The molecule has 0 spiro atoms. The number of piperazine rings is 1. The zero-order chi connectivity index (χ0) is 18.0. The molecule has 0 aliphatic carbocycles. The fourth-order valence-corrected chi connectivity index (χ4v) is 3.92. The number of amides is 1. The van der Waals surface area contributed by atoms with E-state index in [1.807, 2.05) is 31.0 Å². The summed E-state index contributed by atoms with van der Waals surface area (Å²) in [4.78, 5) is 23.2. The van der Waals surface area contributed by atoms with Gasteiger partial charge in [-0.1, -0.05) is 6.07 Å². The molecule has 138 valence electrons. The number of pyridine rings is 1. The first-order valence-electron chi connectivity index (χ1n) is 9.18. The van der Waals surface area contributed by atoms with E-state index in [2.05, 4.69) is 27.8 Å². The lowest BCUT2D eigenvalue weighted by Gasteiger charge is -2.43. The molecule has 3 rings (SSSR count). The highest BCUT2D eigenvalue weighted by Crippen LogP contribution is 2.28. The second kappa shape index (κ2) is 7.40. The summed E-state index contributed by atoms with van der Waals surface area (Å²) < 4.78 is 0. The summed E-state index contributed by atoms with van der Waals surface area (Å²) in [5.74, 6) is 0.496. The molecule has 2 aliphatic heterocycles. The number of carbonyl (C=O) groups is 1. The molecule has 2 saturated heterocycles. The molecule has 1 aromatic heterocycles. The predicted molar refractivity (Wildman–Crippen MR) is 97.1 cm³/mol. The predicted octanol–water partition coefficient (Wildman–Crippen LogP) is 1.13. The molecule has 6 nitrogen and oxygen atoms in total. The maximum Gasteiger partial charge on any atom is 0.224 e. The lowest BCUT2D eigenvalue weighted by atomic mass is 10.0. The molecule has 0 aromatic carbocycles. The summed E-state index contributed by atoms with van der Waals surface area (Å²) in [5.41, 5.74) is 0.486. The molecule has 2 unspecified atom stereocenters. The Balaban J connectivity index is 1.53. The number of aliphatic hydroxyl groups is 1. The maximum absolute atomic E-state index is 12.4. The molecule has 1 N–H and O–H groups in total. The molecule has 6 heteroatoms.